The second-order valence-electron chi connectivity index (χ2n) is 9.75. The van der Waals surface area contributed by atoms with Crippen molar-refractivity contribution in [3.05, 3.63) is 140 Å². The topological polar surface area (TPSA) is 17.8 Å². The zero-order valence-electron chi connectivity index (χ0n) is 25.2. The van der Waals surface area contributed by atoms with Crippen molar-refractivity contribution in [1.82, 2.24) is 9.55 Å². The molecule has 0 saturated heterocycles. The van der Waals surface area contributed by atoms with Crippen LogP contribution in [0.4, 0.5) is 0 Å². The lowest BCUT2D eigenvalue weighted by Gasteiger charge is -2.11. The molecule has 0 atom stereocenters. The maximum Gasteiger partial charge on any atom is 0.0715 e. The summed E-state index contributed by atoms with van der Waals surface area (Å²) in [6.45, 7) is 8.00. The summed E-state index contributed by atoms with van der Waals surface area (Å²) < 4.78 is 2.31. The largest absolute Gasteiger partial charge is 0.344 e. The molecular formula is C40H38N2. The molecule has 0 radical (unpaired) electrons. The molecular weight excluding hydrogens is 508 g/mol. The fourth-order valence-electron chi connectivity index (χ4n) is 5.41. The molecule has 7 rings (SSSR count). The molecule has 2 nitrogen and oxygen atoms in total. The van der Waals surface area contributed by atoms with E-state index in [2.05, 4.69) is 139 Å². The van der Waals surface area contributed by atoms with E-state index in [-0.39, 0.29) is 0 Å². The van der Waals surface area contributed by atoms with Crippen molar-refractivity contribution in [1.29, 1.82) is 0 Å². The lowest BCUT2D eigenvalue weighted by atomic mass is 9.98. The lowest BCUT2D eigenvalue weighted by Crippen LogP contribution is -1.92. The quantitative estimate of drug-likeness (QED) is 0.215. The second kappa shape index (κ2) is 13.1. The molecule has 0 fully saturated rings. The maximum absolute atomic E-state index is 5.05. The lowest BCUT2D eigenvalue weighted by molar-refractivity contribution is 1.01. The molecule has 0 saturated carbocycles. The van der Waals surface area contributed by atoms with Gasteiger partial charge in [-0.2, -0.15) is 0 Å². The molecule has 0 aliphatic carbocycles. The molecule has 0 N–H and O–H groups in total. The summed E-state index contributed by atoms with van der Waals surface area (Å²) in [5.74, 6) is 0. The van der Waals surface area contributed by atoms with Gasteiger partial charge in [-0.3, -0.25) is 0 Å². The van der Waals surface area contributed by atoms with Gasteiger partial charge in [-0.05, 0) is 52.6 Å². The van der Waals surface area contributed by atoms with Crippen molar-refractivity contribution in [3.63, 3.8) is 0 Å². The molecule has 0 bridgehead atoms. The summed E-state index contributed by atoms with van der Waals surface area (Å²) in [5.41, 5.74) is 11.5. The Morgan fingerprint density at radius 1 is 0.381 bits per heavy atom. The Hall–Kier alpha value is -4.95. The molecule has 0 aliphatic rings. The van der Waals surface area contributed by atoms with Crippen LogP contribution in [0, 0.1) is 0 Å². The van der Waals surface area contributed by atoms with Crippen LogP contribution in [0.5, 0.6) is 0 Å². The molecule has 208 valence electrons. The van der Waals surface area contributed by atoms with Crippen LogP contribution in [0.15, 0.2) is 140 Å². The van der Waals surface area contributed by atoms with Gasteiger partial charge in [-0.15, -0.1) is 0 Å². The van der Waals surface area contributed by atoms with Crippen LogP contribution in [-0.2, 0) is 7.05 Å². The summed E-state index contributed by atoms with van der Waals surface area (Å²) in [4.78, 5) is 5.05. The number of benzene rings is 5. The van der Waals surface area contributed by atoms with Crippen LogP contribution in [0.1, 0.15) is 27.7 Å². The minimum Gasteiger partial charge on any atom is -0.344 e. The smallest absolute Gasteiger partial charge is 0.0715 e. The van der Waals surface area contributed by atoms with Crippen molar-refractivity contribution < 1.29 is 0 Å². The van der Waals surface area contributed by atoms with Gasteiger partial charge in [0.1, 0.15) is 0 Å². The molecule has 42 heavy (non-hydrogen) atoms. The Bertz CT molecular complexity index is 1840. The number of pyridine rings is 1. The van der Waals surface area contributed by atoms with E-state index in [1.165, 1.54) is 38.5 Å². The highest BCUT2D eigenvalue weighted by atomic mass is 14.9. The van der Waals surface area contributed by atoms with Crippen molar-refractivity contribution in [3.8, 4) is 44.8 Å². The second-order valence-corrected chi connectivity index (χ2v) is 9.75. The number of rotatable bonds is 4. The van der Waals surface area contributed by atoms with Gasteiger partial charge in [0.05, 0.1) is 11.4 Å². The van der Waals surface area contributed by atoms with Crippen LogP contribution in [0.2, 0.25) is 0 Å². The predicted octanol–water partition coefficient (Wildman–Crippen LogP) is 11.4. The molecule has 0 unspecified atom stereocenters. The van der Waals surface area contributed by atoms with E-state index in [0.29, 0.717) is 0 Å². The van der Waals surface area contributed by atoms with Gasteiger partial charge >= 0.3 is 0 Å². The molecule has 2 heterocycles. The number of fused-ring (bicyclic) bond motifs is 3. The molecule has 0 spiro atoms. The highest BCUT2D eigenvalue weighted by Crippen LogP contribution is 2.36. The fraction of sp³-hybridized carbons (Fsp3) is 0.125. The van der Waals surface area contributed by atoms with Gasteiger partial charge in [-0.25, -0.2) is 4.98 Å². The number of aryl methyl sites for hydroxylation is 1. The number of nitrogens with zero attached hydrogens (tertiary/aromatic N) is 2. The van der Waals surface area contributed by atoms with Gasteiger partial charge in [0, 0.05) is 40.0 Å². The predicted molar refractivity (Wildman–Crippen MR) is 183 cm³/mol. The van der Waals surface area contributed by atoms with Crippen LogP contribution in [0.25, 0.3) is 66.6 Å². The third-order valence-corrected chi connectivity index (χ3v) is 7.41. The van der Waals surface area contributed by atoms with Gasteiger partial charge in [0.15, 0.2) is 0 Å². The highest BCUT2D eigenvalue weighted by Gasteiger charge is 2.13. The molecule has 5 aromatic carbocycles. The van der Waals surface area contributed by atoms with E-state index in [1.54, 1.807) is 0 Å². The average molecular weight is 547 g/mol. The SMILES string of the molecule is CC.CC.Cn1c2ccc(-c3ccccc3)cc2c2ccc(-c3cc(-c4ccccc4)nc(-c4ccccc4)c3)cc21. The molecule has 0 aliphatic heterocycles. The monoisotopic (exact) mass is 546 g/mol. The van der Waals surface area contributed by atoms with Crippen LogP contribution in [-0.4, -0.2) is 9.55 Å². The van der Waals surface area contributed by atoms with Crippen molar-refractivity contribution >= 4 is 21.8 Å². The molecule has 7 aromatic rings. The zero-order valence-corrected chi connectivity index (χ0v) is 25.2. The van der Waals surface area contributed by atoms with Gasteiger partial charge in [0.2, 0.25) is 0 Å². The fourth-order valence-corrected chi connectivity index (χ4v) is 5.41. The Morgan fingerprint density at radius 3 is 1.40 bits per heavy atom. The first-order valence-electron chi connectivity index (χ1n) is 15.0. The van der Waals surface area contributed by atoms with Crippen molar-refractivity contribution in [2.45, 2.75) is 27.7 Å². The summed E-state index contributed by atoms with van der Waals surface area (Å²) in [7, 11) is 2.16. The first-order valence-corrected chi connectivity index (χ1v) is 15.0. The van der Waals surface area contributed by atoms with E-state index in [1.807, 2.05) is 39.8 Å². The minimum absolute atomic E-state index is 0.978. The third kappa shape index (κ3) is 5.62. The van der Waals surface area contributed by atoms with Crippen molar-refractivity contribution in [2.24, 2.45) is 7.05 Å². The van der Waals surface area contributed by atoms with Gasteiger partial charge < -0.3 is 4.57 Å². The number of hydrogen-bond donors (Lipinski definition) is 0. The van der Waals surface area contributed by atoms with Crippen LogP contribution >= 0.6 is 0 Å². The summed E-state index contributed by atoms with van der Waals surface area (Å²) in [5, 5.41) is 2.55. The third-order valence-electron chi connectivity index (χ3n) is 7.41. The Kier molecular flexibility index (Phi) is 8.94. The number of aromatic nitrogens is 2. The zero-order chi connectivity index (χ0) is 29.5. The first kappa shape index (κ1) is 28.6. The minimum atomic E-state index is 0.978. The first-order chi connectivity index (χ1) is 20.7. The number of hydrogen-bond acceptors (Lipinski definition) is 1. The molecule has 2 heteroatoms. The van der Waals surface area contributed by atoms with Crippen molar-refractivity contribution in [2.75, 3.05) is 0 Å². The summed E-state index contributed by atoms with van der Waals surface area (Å²) in [6, 6.07) is 49.5. The van der Waals surface area contributed by atoms with Gasteiger partial charge in [0.25, 0.3) is 0 Å². The average Bonchev–Trinajstić information content (AvgIpc) is 3.37. The van der Waals surface area contributed by atoms with E-state index in [9.17, 15) is 0 Å². The van der Waals surface area contributed by atoms with Gasteiger partial charge in [-0.1, -0.05) is 137 Å². The maximum atomic E-state index is 5.05. The Balaban J connectivity index is 0.000000847. The van der Waals surface area contributed by atoms with E-state index < -0.39 is 0 Å². The van der Waals surface area contributed by atoms with E-state index in [0.717, 1.165) is 28.1 Å². The summed E-state index contributed by atoms with van der Waals surface area (Å²) >= 11 is 0. The highest BCUT2D eigenvalue weighted by molar-refractivity contribution is 6.10. The normalized spacial score (nSPS) is 10.5. The standard InChI is InChI=1S/C36H26N2.2C2H6/c1-38-35-20-18-28(25-11-5-2-6-12-25)21-32(35)31-19-17-29(24-36(31)38)30-22-33(26-13-7-3-8-14-26)37-34(23-30)27-15-9-4-10-16-27;2*1-2/h2-24H,1H3;2*1-2H3. The Labute approximate surface area is 249 Å². The van der Waals surface area contributed by atoms with Crippen LogP contribution < -0.4 is 0 Å². The molecule has 0 amide bonds. The van der Waals surface area contributed by atoms with E-state index >= 15 is 0 Å². The van der Waals surface area contributed by atoms with E-state index in [4.69, 9.17) is 4.98 Å². The van der Waals surface area contributed by atoms with Crippen LogP contribution in [0.3, 0.4) is 0 Å². The Morgan fingerprint density at radius 2 is 0.857 bits per heavy atom. The molecule has 2 aromatic heterocycles. The summed E-state index contributed by atoms with van der Waals surface area (Å²) in [6.07, 6.45) is 0.